The molecule has 0 N–H and O–H groups in total. The smallest absolute Gasteiger partial charge is 0.424 e. The van der Waals surface area contributed by atoms with Crippen molar-refractivity contribution in [3.63, 3.8) is 0 Å². The van der Waals surface area contributed by atoms with Gasteiger partial charge in [0.2, 0.25) is 5.78 Å². The molecule has 4 aromatic rings. The van der Waals surface area contributed by atoms with E-state index in [0.29, 0.717) is 39.8 Å². The van der Waals surface area contributed by atoms with Gasteiger partial charge in [0.05, 0.1) is 31.2 Å². The number of fused-ring (bicyclic) bond motifs is 1. The zero-order valence-electron chi connectivity index (χ0n) is 20.2. The number of Topliss-reactive ketones (excluding diaryl/α,β-unsaturated/α-hetero) is 1. The van der Waals surface area contributed by atoms with Crippen LogP contribution in [0.5, 0.6) is 23.0 Å². The molecule has 4 aromatic carbocycles. The van der Waals surface area contributed by atoms with Crippen LogP contribution in [0.15, 0.2) is 103 Å². The molecule has 1 heterocycles. The van der Waals surface area contributed by atoms with E-state index in [-0.39, 0.29) is 17.3 Å². The molecule has 7 nitrogen and oxygen atoms in total. The van der Waals surface area contributed by atoms with Gasteiger partial charge in [0, 0.05) is 6.07 Å². The Kier molecular flexibility index (Phi) is 6.59. The number of carbonyl (C=O) groups excluding carboxylic acids is 2. The Morgan fingerprint density at radius 3 is 2.08 bits per heavy atom. The highest BCUT2D eigenvalue weighted by molar-refractivity contribution is 6.14. The molecule has 5 rings (SSSR count). The minimum Gasteiger partial charge on any atom is -0.497 e. The van der Waals surface area contributed by atoms with Crippen molar-refractivity contribution in [1.29, 1.82) is 0 Å². The van der Waals surface area contributed by atoms with Crippen LogP contribution in [0.3, 0.4) is 0 Å². The van der Waals surface area contributed by atoms with Gasteiger partial charge in [-0.3, -0.25) is 4.79 Å². The van der Waals surface area contributed by atoms with Crippen LogP contribution in [0.1, 0.15) is 15.9 Å². The van der Waals surface area contributed by atoms with E-state index >= 15 is 0 Å². The lowest BCUT2D eigenvalue weighted by molar-refractivity contribution is 0.101. The van der Waals surface area contributed by atoms with E-state index in [2.05, 4.69) is 0 Å². The van der Waals surface area contributed by atoms with Gasteiger partial charge >= 0.3 is 6.09 Å². The normalized spacial score (nSPS) is 13.0. The van der Waals surface area contributed by atoms with Crippen molar-refractivity contribution in [1.82, 2.24) is 0 Å². The Hall–Kier alpha value is -5.04. The van der Waals surface area contributed by atoms with Crippen molar-refractivity contribution < 1.29 is 28.5 Å². The van der Waals surface area contributed by atoms with Crippen LogP contribution < -0.4 is 23.8 Å². The Morgan fingerprint density at radius 1 is 0.784 bits per heavy atom. The second-order valence-corrected chi connectivity index (χ2v) is 8.09. The standard InChI is InChI=1S/C30H23NO6/c1-34-23-14-15-24-26(19-23)36-28(29(24)32)18-20-13-16-25(27(17-20)35-2)37-30(33)31(21-9-5-3-6-10-21)22-11-7-4-8-12-22/h3-19H,1-2H3/b28-18-. The van der Waals surface area contributed by atoms with Crippen LogP contribution in [0.2, 0.25) is 0 Å². The molecule has 0 bridgehead atoms. The summed E-state index contributed by atoms with van der Waals surface area (Å²) in [5.74, 6) is 1.55. The molecule has 0 saturated carbocycles. The third kappa shape index (κ3) is 4.88. The maximum Gasteiger partial charge on any atom is 0.424 e. The van der Waals surface area contributed by atoms with Gasteiger partial charge in [0.25, 0.3) is 0 Å². The van der Waals surface area contributed by atoms with Gasteiger partial charge in [0.15, 0.2) is 17.3 Å². The number of amides is 1. The summed E-state index contributed by atoms with van der Waals surface area (Å²) >= 11 is 0. The molecule has 184 valence electrons. The van der Waals surface area contributed by atoms with Crippen molar-refractivity contribution in [2.75, 3.05) is 19.1 Å². The van der Waals surface area contributed by atoms with Gasteiger partial charge in [-0.25, -0.2) is 9.69 Å². The zero-order valence-corrected chi connectivity index (χ0v) is 20.2. The van der Waals surface area contributed by atoms with E-state index < -0.39 is 6.09 Å². The zero-order chi connectivity index (χ0) is 25.8. The number of hydrogen-bond acceptors (Lipinski definition) is 6. The lowest BCUT2D eigenvalue weighted by Gasteiger charge is -2.22. The monoisotopic (exact) mass is 493 g/mol. The van der Waals surface area contributed by atoms with Crippen LogP contribution in [0.4, 0.5) is 16.2 Å². The molecule has 0 fully saturated rings. The topological polar surface area (TPSA) is 74.3 Å². The fraction of sp³-hybridized carbons (Fsp3) is 0.0667. The predicted octanol–water partition coefficient (Wildman–Crippen LogP) is 6.66. The van der Waals surface area contributed by atoms with Crippen molar-refractivity contribution >= 4 is 29.3 Å². The molecule has 0 aromatic heterocycles. The number of ether oxygens (including phenoxy) is 4. The number of benzene rings is 4. The molecule has 0 saturated heterocycles. The highest BCUT2D eigenvalue weighted by Crippen LogP contribution is 2.36. The molecule has 1 aliphatic rings. The van der Waals surface area contributed by atoms with Crippen LogP contribution in [0, 0.1) is 0 Å². The second-order valence-electron chi connectivity index (χ2n) is 8.09. The maximum atomic E-state index is 13.3. The first-order valence-corrected chi connectivity index (χ1v) is 11.5. The summed E-state index contributed by atoms with van der Waals surface area (Å²) in [5.41, 5.74) is 2.42. The van der Waals surface area contributed by atoms with E-state index in [1.807, 2.05) is 60.7 Å². The fourth-order valence-electron chi connectivity index (χ4n) is 3.96. The Bertz CT molecular complexity index is 1440. The summed E-state index contributed by atoms with van der Waals surface area (Å²) in [6.45, 7) is 0. The summed E-state index contributed by atoms with van der Waals surface area (Å²) in [4.78, 5) is 27.6. The SMILES string of the molecule is COc1ccc2c(c1)O/C(=C\c1ccc(OC(=O)N(c3ccccc3)c3ccccc3)c(OC)c1)C2=O. The molecular weight excluding hydrogens is 470 g/mol. The van der Waals surface area contributed by atoms with Crippen molar-refractivity contribution in [2.24, 2.45) is 0 Å². The fourth-order valence-corrected chi connectivity index (χ4v) is 3.96. The molecule has 0 radical (unpaired) electrons. The van der Waals surface area contributed by atoms with Gasteiger partial charge in [-0.1, -0.05) is 42.5 Å². The van der Waals surface area contributed by atoms with Crippen LogP contribution >= 0.6 is 0 Å². The van der Waals surface area contributed by atoms with E-state index in [4.69, 9.17) is 18.9 Å². The summed E-state index contributed by atoms with van der Waals surface area (Å²) in [5, 5.41) is 0. The van der Waals surface area contributed by atoms with Crippen molar-refractivity contribution in [3.8, 4) is 23.0 Å². The number of para-hydroxylation sites is 2. The molecule has 0 unspecified atom stereocenters. The average Bonchev–Trinajstić information content (AvgIpc) is 3.24. The first kappa shape index (κ1) is 23.7. The van der Waals surface area contributed by atoms with E-state index in [1.54, 1.807) is 49.6 Å². The Labute approximate surface area is 214 Å². The number of anilines is 2. The average molecular weight is 494 g/mol. The van der Waals surface area contributed by atoms with Gasteiger partial charge < -0.3 is 18.9 Å². The second kappa shape index (κ2) is 10.3. The Morgan fingerprint density at radius 2 is 1.46 bits per heavy atom. The molecule has 0 spiro atoms. The highest BCUT2D eigenvalue weighted by Gasteiger charge is 2.28. The number of rotatable bonds is 6. The summed E-state index contributed by atoms with van der Waals surface area (Å²) < 4.78 is 22.2. The van der Waals surface area contributed by atoms with Gasteiger partial charge in [-0.15, -0.1) is 0 Å². The van der Waals surface area contributed by atoms with Crippen LogP contribution in [-0.4, -0.2) is 26.1 Å². The largest absolute Gasteiger partial charge is 0.497 e. The van der Waals surface area contributed by atoms with Crippen LogP contribution in [-0.2, 0) is 0 Å². The number of allylic oxidation sites excluding steroid dienone is 1. The number of nitrogens with zero attached hydrogens (tertiary/aromatic N) is 1. The van der Waals surface area contributed by atoms with Crippen molar-refractivity contribution in [2.45, 2.75) is 0 Å². The minimum atomic E-state index is -0.597. The molecule has 7 heteroatoms. The number of methoxy groups -OCH3 is 2. The maximum absolute atomic E-state index is 13.3. The summed E-state index contributed by atoms with van der Waals surface area (Å²) in [6.07, 6.45) is 1.02. The molecule has 1 aliphatic heterocycles. The number of carbonyl (C=O) groups is 2. The molecule has 1 amide bonds. The third-order valence-electron chi connectivity index (χ3n) is 5.77. The first-order valence-electron chi connectivity index (χ1n) is 11.5. The molecule has 0 atom stereocenters. The summed E-state index contributed by atoms with van der Waals surface area (Å²) in [7, 11) is 3.03. The molecule has 37 heavy (non-hydrogen) atoms. The van der Waals surface area contributed by atoms with Gasteiger partial charge in [0.1, 0.15) is 11.5 Å². The molecule has 0 aliphatic carbocycles. The Balaban J connectivity index is 1.40. The lowest BCUT2D eigenvalue weighted by Crippen LogP contribution is -2.29. The van der Waals surface area contributed by atoms with E-state index in [1.165, 1.54) is 12.0 Å². The number of ketones is 1. The minimum absolute atomic E-state index is 0.175. The first-order chi connectivity index (χ1) is 18.1. The van der Waals surface area contributed by atoms with Crippen molar-refractivity contribution in [3.05, 3.63) is 114 Å². The van der Waals surface area contributed by atoms with E-state index in [0.717, 1.165) is 0 Å². The van der Waals surface area contributed by atoms with Gasteiger partial charge in [-0.2, -0.15) is 0 Å². The quantitative estimate of drug-likeness (QED) is 0.280. The van der Waals surface area contributed by atoms with E-state index in [9.17, 15) is 9.59 Å². The lowest BCUT2D eigenvalue weighted by atomic mass is 10.1. The summed E-state index contributed by atoms with van der Waals surface area (Å²) in [6, 6.07) is 28.5. The highest BCUT2D eigenvalue weighted by atomic mass is 16.6. The molecular formula is C30H23NO6. The third-order valence-corrected chi connectivity index (χ3v) is 5.77. The predicted molar refractivity (Wildman–Crippen MR) is 140 cm³/mol. The van der Waals surface area contributed by atoms with Crippen LogP contribution in [0.25, 0.3) is 6.08 Å². The van der Waals surface area contributed by atoms with Gasteiger partial charge in [-0.05, 0) is 60.2 Å². The number of hydrogen-bond donors (Lipinski definition) is 0.